The minimum atomic E-state index is -0.922. The molecule has 1 N–H and O–H groups in total. The van der Waals surface area contributed by atoms with Gasteiger partial charge in [0.15, 0.2) is 5.75 Å². The van der Waals surface area contributed by atoms with Crippen LogP contribution in [0.25, 0.3) is 0 Å². The van der Waals surface area contributed by atoms with E-state index in [0.29, 0.717) is 14.7 Å². The summed E-state index contributed by atoms with van der Waals surface area (Å²) in [6.07, 6.45) is 0.291. The summed E-state index contributed by atoms with van der Waals surface area (Å²) in [4.78, 5) is 21.8. The molecule has 1 aromatic rings. The number of aliphatic carboxylic acids is 1. The number of hydrogen-bond donors (Lipinski definition) is 1. The van der Waals surface area contributed by atoms with Crippen LogP contribution in [-0.4, -0.2) is 17.0 Å². The molecule has 0 saturated heterocycles. The van der Waals surface area contributed by atoms with Gasteiger partial charge in [-0.1, -0.05) is 15.9 Å². The molecule has 0 heterocycles. The first-order valence-electron chi connectivity index (χ1n) is 4.97. The molecule has 0 bridgehead atoms. The molecule has 0 saturated carbocycles. The van der Waals surface area contributed by atoms with Crippen molar-refractivity contribution in [3.8, 4) is 5.75 Å². The number of carbonyl (C=O) groups is 2. The molecule has 0 aromatic heterocycles. The average Bonchev–Trinajstić information content (AvgIpc) is 2.22. The van der Waals surface area contributed by atoms with Crippen LogP contribution in [-0.2, 0) is 9.59 Å². The molecule has 1 rings (SSSR count). The molecule has 0 aliphatic heterocycles. The fraction of sp³-hybridized carbons (Fsp3) is 0.273. The minimum Gasteiger partial charge on any atom is -0.481 e. The Morgan fingerprint density at radius 2 is 1.67 bits per heavy atom. The molecule has 0 aliphatic rings. The molecule has 0 atom stereocenters. The molecular formula is C11H9Br3O4. The molecule has 0 aliphatic carbocycles. The minimum absolute atomic E-state index is 0.0439. The number of carboxylic acids is 1. The Hall–Kier alpha value is -0.400. The largest absolute Gasteiger partial charge is 0.481 e. The molecule has 4 nitrogen and oxygen atoms in total. The zero-order chi connectivity index (χ0) is 13.7. The Bertz CT molecular complexity index is 450. The Kier molecular flexibility index (Phi) is 6.31. The molecule has 0 fully saturated rings. The van der Waals surface area contributed by atoms with Crippen molar-refractivity contribution < 1.29 is 19.4 Å². The second kappa shape index (κ2) is 7.25. The van der Waals surface area contributed by atoms with Gasteiger partial charge < -0.3 is 9.84 Å². The summed E-state index contributed by atoms with van der Waals surface area (Å²) in [5.41, 5.74) is 0. The van der Waals surface area contributed by atoms with E-state index in [1.54, 1.807) is 12.1 Å². The van der Waals surface area contributed by atoms with Gasteiger partial charge in [0.05, 0.1) is 8.95 Å². The quantitative estimate of drug-likeness (QED) is 0.547. The Balaban J connectivity index is 2.62. The monoisotopic (exact) mass is 442 g/mol. The second-order valence-corrected chi connectivity index (χ2v) is 6.04. The zero-order valence-corrected chi connectivity index (χ0v) is 13.8. The Morgan fingerprint density at radius 1 is 1.11 bits per heavy atom. The van der Waals surface area contributed by atoms with E-state index in [2.05, 4.69) is 47.8 Å². The van der Waals surface area contributed by atoms with Crippen LogP contribution in [0.5, 0.6) is 5.75 Å². The van der Waals surface area contributed by atoms with Crippen molar-refractivity contribution in [2.45, 2.75) is 19.3 Å². The number of carboxylic acid groups (broad SMARTS) is 1. The maximum Gasteiger partial charge on any atom is 0.311 e. The van der Waals surface area contributed by atoms with Gasteiger partial charge >= 0.3 is 11.9 Å². The summed E-state index contributed by atoms with van der Waals surface area (Å²) in [5, 5.41) is 8.46. The van der Waals surface area contributed by atoms with Crippen LogP contribution in [0.15, 0.2) is 25.6 Å². The van der Waals surface area contributed by atoms with Crippen LogP contribution in [0.3, 0.4) is 0 Å². The molecule has 0 radical (unpaired) electrons. The summed E-state index contributed by atoms with van der Waals surface area (Å²) < 4.78 is 7.28. The molecule has 98 valence electrons. The van der Waals surface area contributed by atoms with Crippen LogP contribution in [0.1, 0.15) is 19.3 Å². The van der Waals surface area contributed by atoms with Gasteiger partial charge in [-0.25, -0.2) is 0 Å². The third kappa shape index (κ3) is 5.07. The maximum absolute atomic E-state index is 11.5. The Labute approximate surface area is 129 Å². The number of esters is 1. The number of halogens is 3. The van der Waals surface area contributed by atoms with E-state index in [4.69, 9.17) is 9.84 Å². The molecule has 0 amide bonds. The van der Waals surface area contributed by atoms with E-state index < -0.39 is 11.9 Å². The smallest absolute Gasteiger partial charge is 0.311 e. The standard InChI is InChI=1S/C11H9Br3O4/c12-6-4-7(13)11(8(14)5-6)18-10(17)3-1-2-9(15)16/h4-5H,1-3H2,(H,15,16). The van der Waals surface area contributed by atoms with Crippen molar-refractivity contribution >= 4 is 59.7 Å². The van der Waals surface area contributed by atoms with Crippen LogP contribution in [0.4, 0.5) is 0 Å². The zero-order valence-electron chi connectivity index (χ0n) is 9.08. The van der Waals surface area contributed by atoms with E-state index in [9.17, 15) is 9.59 Å². The number of carbonyl (C=O) groups excluding carboxylic acids is 1. The van der Waals surface area contributed by atoms with Crippen molar-refractivity contribution in [1.29, 1.82) is 0 Å². The molecule has 0 spiro atoms. The molecule has 1 aromatic carbocycles. The summed E-state index contributed by atoms with van der Waals surface area (Å²) in [6, 6.07) is 3.51. The van der Waals surface area contributed by atoms with Crippen LogP contribution in [0.2, 0.25) is 0 Å². The van der Waals surface area contributed by atoms with Crippen molar-refractivity contribution in [3.05, 3.63) is 25.6 Å². The lowest BCUT2D eigenvalue weighted by Crippen LogP contribution is -2.09. The van der Waals surface area contributed by atoms with Gasteiger partial charge in [-0.05, 0) is 50.4 Å². The van der Waals surface area contributed by atoms with Crippen molar-refractivity contribution in [2.24, 2.45) is 0 Å². The predicted octanol–water partition coefficient (Wildman–Crippen LogP) is 4.13. The first-order chi connectivity index (χ1) is 8.40. The van der Waals surface area contributed by atoms with Gasteiger partial charge in [-0.3, -0.25) is 9.59 Å². The van der Waals surface area contributed by atoms with Crippen molar-refractivity contribution in [3.63, 3.8) is 0 Å². The first kappa shape index (κ1) is 15.7. The van der Waals surface area contributed by atoms with Gasteiger partial charge in [-0.2, -0.15) is 0 Å². The fourth-order valence-corrected chi connectivity index (χ4v) is 3.60. The summed E-state index contributed by atoms with van der Waals surface area (Å²) in [5.74, 6) is -0.993. The van der Waals surface area contributed by atoms with Gasteiger partial charge in [0.2, 0.25) is 0 Å². The third-order valence-corrected chi connectivity index (χ3v) is 3.59. The van der Waals surface area contributed by atoms with Gasteiger partial charge in [0.1, 0.15) is 0 Å². The maximum atomic E-state index is 11.5. The number of benzene rings is 1. The number of hydrogen-bond acceptors (Lipinski definition) is 3. The topological polar surface area (TPSA) is 63.6 Å². The average molecular weight is 445 g/mol. The first-order valence-corrected chi connectivity index (χ1v) is 7.35. The van der Waals surface area contributed by atoms with Gasteiger partial charge in [0, 0.05) is 17.3 Å². The van der Waals surface area contributed by atoms with Crippen molar-refractivity contribution in [2.75, 3.05) is 0 Å². The Morgan fingerprint density at radius 3 is 2.17 bits per heavy atom. The lowest BCUT2D eigenvalue weighted by Gasteiger charge is -2.08. The van der Waals surface area contributed by atoms with Crippen LogP contribution < -0.4 is 4.74 Å². The highest BCUT2D eigenvalue weighted by Crippen LogP contribution is 2.36. The highest BCUT2D eigenvalue weighted by Gasteiger charge is 2.13. The van der Waals surface area contributed by atoms with Crippen LogP contribution >= 0.6 is 47.8 Å². The number of rotatable bonds is 5. The van der Waals surface area contributed by atoms with Gasteiger partial charge in [0.25, 0.3) is 0 Å². The molecular weight excluding hydrogens is 436 g/mol. The highest BCUT2D eigenvalue weighted by atomic mass is 79.9. The number of ether oxygens (including phenoxy) is 1. The van der Waals surface area contributed by atoms with Crippen molar-refractivity contribution in [1.82, 2.24) is 0 Å². The normalized spacial score (nSPS) is 10.2. The highest BCUT2D eigenvalue weighted by molar-refractivity contribution is 9.11. The predicted molar refractivity (Wildman–Crippen MR) is 76.7 cm³/mol. The lowest BCUT2D eigenvalue weighted by molar-refractivity contribution is -0.137. The van der Waals surface area contributed by atoms with E-state index in [-0.39, 0.29) is 19.3 Å². The van der Waals surface area contributed by atoms with E-state index in [0.717, 1.165) is 4.47 Å². The second-order valence-electron chi connectivity index (χ2n) is 3.42. The lowest BCUT2D eigenvalue weighted by atomic mass is 10.2. The fourth-order valence-electron chi connectivity index (χ4n) is 1.18. The van der Waals surface area contributed by atoms with E-state index in [1.165, 1.54) is 0 Å². The van der Waals surface area contributed by atoms with E-state index in [1.807, 2.05) is 0 Å². The van der Waals surface area contributed by atoms with E-state index >= 15 is 0 Å². The summed E-state index contributed by atoms with van der Waals surface area (Å²) in [7, 11) is 0. The third-order valence-electron chi connectivity index (χ3n) is 1.95. The van der Waals surface area contributed by atoms with Gasteiger partial charge in [-0.15, -0.1) is 0 Å². The van der Waals surface area contributed by atoms with Crippen LogP contribution in [0, 0.1) is 0 Å². The molecule has 7 heteroatoms. The SMILES string of the molecule is O=C(O)CCCC(=O)Oc1c(Br)cc(Br)cc1Br. The summed E-state index contributed by atoms with van der Waals surface area (Å²) >= 11 is 9.88. The molecule has 18 heavy (non-hydrogen) atoms. The summed E-state index contributed by atoms with van der Waals surface area (Å²) in [6.45, 7) is 0. The molecule has 0 unspecified atom stereocenters.